The van der Waals surface area contributed by atoms with Crippen LogP contribution in [-0.2, 0) is 14.3 Å². The minimum Gasteiger partial charge on any atom is -0.462 e. The molecule has 1 aliphatic heterocycles. The molecule has 0 atom stereocenters. The normalized spacial score (nSPS) is 14.4. The Morgan fingerprint density at radius 1 is 1.24 bits per heavy atom. The van der Waals surface area contributed by atoms with Crippen molar-refractivity contribution in [3.8, 4) is 0 Å². The van der Waals surface area contributed by atoms with E-state index in [-0.39, 0.29) is 18.0 Å². The Kier molecular flexibility index (Phi) is 8.36. The van der Waals surface area contributed by atoms with Gasteiger partial charge in [-0.15, -0.1) is 6.58 Å². The molecule has 0 amide bonds. The van der Waals surface area contributed by atoms with E-state index in [0.29, 0.717) is 5.57 Å². The summed E-state index contributed by atoms with van der Waals surface area (Å²) in [5.41, 5.74) is 0.868. The summed E-state index contributed by atoms with van der Waals surface area (Å²) in [5.74, 6) is -0.698. The maximum atomic E-state index is 12.2. The molecule has 2 N–H and O–H groups in total. The Labute approximate surface area is 126 Å². The van der Waals surface area contributed by atoms with Crippen molar-refractivity contribution < 1.29 is 19.6 Å². The van der Waals surface area contributed by atoms with Crippen LogP contribution in [0.2, 0.25) is 0 Å². The van der Waals surface area contributed by atoms with Crippen LogP contribution in [-0.4, -0.2) is 18.4 Å². The first kappa shape index (κ1) is 17.4. The van der Waals surface area contributed by atoms with Gasteiger partial charge in [0.2, 0.25) is 5.78 Å². The van der Waals surface area contributed by atoms with E-state index in [4.69, 9.17) is 4.74 Å². The number of ketones is 1. The number of Topliss-reactive ketones (excluding diaryl/α,β-unsaturated/α-hetero) is 1. The number of allylic oxidation sites excluding steroid dienone is 2. The zero-order valence-corrected chi connectivity index (χ0v) is 12.9. The lowest BCUT2D eigenvalue weighted by molar-refractivity contribution is -0.516. The quantitative estimate of drug-likeness (QED) is 0.291. The van der Waals surface area contributed by atoms with E-state index >= 15 is 0 Å². The molecule has 0 saturated heterocycles. The highest BCUT2D eigenvalue weighted by Gasteiger charge is 2.27. The summed E-state index contributed by atoms with van der Waals surface area (Å²) in [4.78, 5) is 23.8. The van der Waals surface area contributed by atoms with Gasteiger partial charge < -0.3 is 4.74 Å². The Morgan fingerprint density at radius 3 is 2.67 bits per heavy atom. The summed E-state index contributed by atoms with van der Waals surface area (Å²) in [7, 11) is 0. The molecule has 0 aromatic heterocycles. The van der Waals surface area contributed by atoms with Gasteiger partial charge in [-0.1, -0.05) is 25.3 Å². The molecule has 0 aromatic carbocycles. The third-order valence-corrected chi connectivity index (χ3v) is 3.45. The summed E-state index contributed by atoms with van der Waals surface area (Å²) in [6.45, 7) is 5.73. The Morgan fingerprint density at radius 2 is 1.95 bits per heavy atom. The SMILES string of the molecule is C=CCCCCCCCC1=C[NH2+]C=C(C(=O)OCC)C1=O. The van der Waals surface area contributed by atoms with E-state index in [1.54, 1.807) is 18.4 Å². The molecule has 0 spiro atoms. The van der Waals surface area contributed by atoms with Crippen molar-refractivity contribution in [2.24, 2.45) is 0 Å². The van der Waals surface area contributed by atoms with Gasteiger partial charge in [0.15, 0.2) is 5.57 Å². The van der Waals surface area contributed by atoms with Crippen molar-refractivity contribution in [1.29, 1.82) is 0 Å². The molecular weight excluding hydrogens is 266 g/mol. The second-order valence-electron chi connectivity index (χ2n) is 5.11. The number of quaternary nitrogens is 1. The Balaban J connectivity index is 2.30. The van der Waals surface area contributed by atoms with E-state index in [2.05, 4.69) is 6.58 Å². The Bertz CT molecular complexity index is 435. The van der Waals surface area contributed by atoms with Gasteiger partial charge in [-0.2, -0.15) is 0 Å². The van der Waals surface area contributed by atoms with E-state index in [0.717, 1.165) is 25.7 Å². The van der Waals surface area contributed by atoms with Gasteiger partial charge in [0.25, 0.3) is 0 Å². The number of carbonyl (C=O) groups is 2. The van der Waals surface area contributed by atoms with Crippen molar-refractivity contribution in [1.82, 2.24) is 0 Å². The van der Waals surface area contributed by atoms with Gasteiger partial charge in [-0.25, -0.2) is 4.79 Å². The average molecular weight is 292 g/mol. The fourth-order valence-corrected chi connectivity index (χ4v) is 2.29. The highest BCUT2D eigenvalue weighted by Crippen LogP contribution is 2.16. The third kappa shape index (κ3) is 6.08. The highest BCUT2D eigenvalue weighted by atomic mass is 16.5. The van der Waals surface area contributed by atoms with Crippen molar-refractivity contribution in [3.05, 3.63) is 36.2 Å². The summed E-state index contributed by atoms with van der Waals surface area (Å²) < 4.78 is 4.90. The van der Waals surface area contributed by atoms with Crippen molar-refractivity contribution in [3.63, 3.8) is 0 Å². The van der Waals surface area contributed by atoms with Crippen molar-refractivity contribution in [2.75, 3.05) is 6.61 Å². The van der Waals surface area contributed by atoms with Gasteiger partial charge in [0, 0.05) is 0 Å². The summed E-state index contributed by atoms with van der Waals surface area (Å²) in [6, 6.07) is 0. The average Bonchev–Trinajstić information content (AvgIpc) is 2.48. The van der Waals surface area contributed by atoms with Crippen molar-refractivity contribution >= 4 is 11.8 Å². The summed E-state index contributed by atoms with van der Waals surface area (Å²) in [5, 5.41) is 1.76. The molecule has 0 radical (unpaired) electrons. The largest absolute Gasteiger partial charge is 0.462 e. The second kappa shape index (κ2) is 10.1. The van der Waals surface area contributed by atoms with Gasteiger partial charge in [-0.05, 0) is 32.6 Å². The smallest absolute Gasteiger partial charge is 0.347 e. The molecule has 0 bridgehead atoms. The van der Waals surface area contributed by atoms with E-state index < -0.39 is 5.97 Å². The molecule has 4 heteroatoms. The molecule has 1 rings (SSSR count). The van der Waals surface area contributed by atoms with Crippen molar-refractivity contribution in [2.45, 2.75) is 51.9 Å². The first-order valence-corrected chi connectivity index (χ1v) is 7.77. The zero-order valence-electron chi connectivity index (χ0n) is 12.9. The van der Waals surface area contributed by atoms with Gasteiger partial charge in [0.05, 0.1) is 12.2 Å². The minimum absolute atomic E-state index is 0.153. The predicted octanol–water partition coefficient (Wildman–Crippen LogP) is 2.38. The standard InChI is InChI=1S/C17H25NO3/c1-3-5-6-7-8-9-10-11-14-12-18-13-15(16(14)19)17(20)21-4-2/h3,12-13H,1,4-11H2,2H3,(H,18,19)/p+1. The number of nitrogens with two attached hydrogens (primary N) is 1. The number of hydrogen-bond donors (Lipinski definition) is 1. The lowest BCUT2D eigenvalue weighted by atomic mass is 9.97. The second-order valence-corrected chi connectivity index (χ2v) is 5.11. The molecule has 0 aromatic rings. The minimum atomic E-state index is -0.520. The van der Waals surface area contributed by atoms with Crippen LogP contribution in [0.5, 0.6) is 0 Å². The Hall–Kier alpha value is -1.68. The molecule has 0 unspecified atom stereocenters. The molecule has 116 valence electrons. The fraction of sp³-hybridized carbons (Fsp3) is 0.529. The molecule has 21 heavy (non-hydrogen) atoms. The van der Waals surface area contributed by atoms with Crippen LogP contribution in [0, 0.1) is 0 Å². The predicted molar refractivity (Wildman–Crippen MR) is 82.2 cm³/mol. The first-order valence-electron chi connectivity index (χ1n) is 7.77. The van der Waals surface area contributed by atoms with Crippen LogP contribution in [0.4, 0.5) is 0 Å². The lowest BCUT2D eigenvalue weighted by Crippen LogP contribution is -2.73. The van der Waals surface area contributed by atoms with Crippen LogP contribution in [0.15, 0.2) is 36.2 Å². The number of esters is 1. The number of carbonyl (C=O) groups excluding carboxylic acids is 2. The molecule has 1 aliphatic rings. The van der Waals surface area contributed by atoms with E-state index in [1.807, 2.05) is 12.3 Å². The molecule has 0 aliphatic carbocycles. The zero-order chi connectivity index (χ0) is 15.5. The number of unbranched alkanes of at least 4 members (excludes halogenated alkanes) is 5. The monoisotopic (exact) mass is 292 g/mol. The van der Waals surface area contributed by atoms with Gasteiger partial charge >= 0.3 is 5.97 Å². The first-order chi connectivity index (χ1) is 10.2. The number of hydrogen-bond acceptors (Lipinski definition) is 3. The van der Waals surface area contributed by atoms with Crippen LogP contribution >= 0.6 is 0 Å². The van der Waals surface area contributed by atoms with Crippen LogP contribution in [0.3, 0.4) is 0 Å². The topological polar surface area (TPSA) is 60.0 Å². The van der Waals surface area contributed by atoms with Gasteiger partial charge in [-0.3, -0.25) is 10.1 Å². The van der Waals surface area contributed by atoms with Crippen LogP contribution in [0.1, 0.15) is 51.9 Å². The molecule has 0 saturated carbocycles. The summed E-state index contributed by atoms with van der Waals surface area (Å²) in [6.07, 6.45) is 12.8. The fourth-order valence-electron chi connectivity index (χ4n) is 2.29. The molecular formula is C17H26NO3+. The highest BCUT2D eigenvalue weighted by molar-refractivity contribution is 6.23. The van der Waals surface area contributed by atoms with E-state index in [1.165, 1.54) is 19.3 Å². The molecule has 1 heterocycles. The number of ether oxygens (including phenoxy) is 1. The maximum Gasteiger partial charge on any atom is 0.347 e. The molecule has 0 fully saturated rings. The number of rotatable bonds is 10. The van der Waals surface area contributed by atoms with Crippen LogP contribution < -0.4 is 5.32 Å². The van der Waals surface area contributed by atoms with Crippen LogP contribution in [0.25, 0.3) is 0 Å². The lowest BCUT2D eigenvalue weighted by Gasteiger charge is -2.11. The van der Waals surface area contributed by atoms with E-state index in [9.17, 15) is 9.59 Å². The maximum absolute atomic E-state index is 12.2. The molecule has 4 nitrogen and oxygen atoms in total. The summed E-state index contributed by atoms with van der Waals surface area (Å²) >= 11 is 0. The third-order valence-electron chi connectivity index (χ3n) is 3.45. The van der Waals surface area contributed by atoms with Gasteiger partial charge in [0.1, 0.15) is 12.4 Å².